The van der Waals surface area contributed by atoms with Gasteiger partial charge in [-0.05, 0) is 0 Å². The quantitative estimate of drug-likeness (QED) is 0.240. The third kappa shape index (κ3) is 5.54. The molecule has 0 N–H and O–H groups in total. The van der Waals surface area contributed by atoms with Crippen molar-refractivity contribution in [3.8, 4) is 0 Å². The first-order chi connectivity index (χ1) is 19.6. The van der Waals surface area contributed by atoms with Crippen molar-refractivity contribution in [2.45, 2.75) is 191 Å². The fraction of sp³-hybridized carbons (Fsp3) is 0.944. The van der Waals surface area contributed by atoms with Gasteiger partial charge < -0.3 is 0 Å². The van der Waals surface area contributed by atoms with Crippen LogP contribution < -0.4 is 0 Å². The summed E-state index contributed by atoms with van der Waals surface area (Å²) in [6.07, 6.45) is 38.1. The van der Waals surface area contributed by atoms with Gasteiger partial charge in [-0.2, -0.15) is 0 Å². The molecular formula is C36H58N2Se2. The average Bonchev–Trinajstić information content (AvgIpc) is 2.99. The molecule has 8 aliphatic rings. The molecule has 0 radical (unpaired) electrons. The van der Waals surface area contributed by atoms with E-state index in [9.17, 15) is 0 Å². The fourth-order valence-electron chi connectivity index (χ4n) is 12.0. The molecule has 0 aromatic heterocycles. The maximum absolute atomic E-state index is 3.95. The second-order valence-corrected chi connectivity index (χ2v) is 17.7. The van der Waals surface area contributed by atoms with Crippen LogP contribution in [0.3, 0.4) is 0 Å². The van der Waals surface area contributed by atoms with Gasteiger partial charge in [-0.25, -0.2) is 0 Å². The summed E-state index contributed by atoms with van der Waals surface area (Å²) in [5.41, 5.74) is 0.859. The molecule has 4 bridgehead atoms. The summed E-state index contributed by atoms with van der Waals surface area (Å²) in [5.74, 6) is 1.90. The van der Waals surface area contributed by atoms with E-state index in [4.69, 9.17) is 0 Å². The summed E-state index contributed by atoms with van der Waals surface area (Å²) >= 11 is 7.90. The van der Waals surface area contributed by atoms with E-state index in [2.05, 4.69) is 41.0 Å². The van der Waals surface area contributed by atoms with E-state index in [0.29, 0.717) is 10.8 Å². The van der Waals surface area contributed by atoms with E-state index in [1.807, 2.05) is 0 Å². The molecule has 0 amide bonds. The topological polar surface area (TPSA) is 6.48 Å². The molecule has 0 unspecified atom stereocenters. The van der Waals surface area contributed by atoms with Crippen molar-refractivity contribution in [2.75, 3.05) is 0 Å². The molecular weight excluding hydrogens is 618 g/mol. The summed E-state index contributed by atoms with van der Waals surface area (Å²) in [7, 11) is 0. The van der Waals surface area contributed by atoms with Gasteiger partial charge in [0.25, 0.3) is 0 Å². The first-order valence-electron chi connectivity index (χ1n) is 18.2. The molecule has 40 heavy (non-hydrogen) atoms. The standard InChI is InChI=1S/C36H58N2Se2/c39-33(37(29-13-5-1-6-14-29)30-15-7-2-8-16-30)35-22-27-21-28(23-35)25-36(24-27,26-35)34(40)38(31-17-9-3-10-18-31)32-19-11-4-12-20-32/h27-32H,1-26H2. The van der Waals surface area contributed by atoms with E-state index in [-0.39, 0.29) is 0 Å². The Kier molecular flexibility index (Phi) is 9.03. The van der Waals surface area contributed by atoms with Crippen LogP contribution in [0.25, 0.3) is 0 Å². The van der Waals surface area contributed by atoms with Crippen molar-refractivity contribution in [2.24, 2.45) is 22.7 Å². The summed E-state index contributed by atoms with van der Waals surface area (Å²) < 4.78 is 3.55. The van der Waals surface area contributed by atoms with Gasteiger partial charge in [0.05, 0.1) is 0 Å². The normalized spacial score (nSPS) is 37.9. The second-order valence-electron chi connectivity index (χ2n) is 16.1. The van der Waals surface area contributed by atoms with Crippen LogP contribution in [0.15, 0.2) is 0 Å². The van der Waals surface area contributed by atoms with Gasteiger partial charge in [-0.1, -0.05) is 0 Å². The predicted octanol–water partition coefficient (Wildman–Crippen LogP) is 8.10. The molecule has 0 aliphatic heterocycles. The summed E-state index contributed by atoms with van der Waals surface area (Å²) in [6, 6.07) is 3.26. The summed E-state index contributed by atoms with van der Waals surface area (Å²) in [5, 5.41) is 0. The van der Waals surface area contributed by atoms with Gasteiger partial charge in [0.1, 0.15) is 0 Å². The molecule has 0 aromatic rings. The van der Waals surface area contributed by atoms with Gasteiger partial charge in [0.2, 0.25) is 0 Å². The van der Waals surface area contributed by atoms with Crippen LogP contribution in [0.1, 0.15) is 167 Å². The molecule has 8 fully saturated rings. The van der Waals surface area contributed by atoms with Gasteiger partial charge in [0.15, 0.2) is 0 Å². The van der Waals surface area contributed by atoms with Crippen molar-refractivity contribution >= 4 is 40.2 Å². The molecule has 8 aliphatic carbocycles. The van der Waals surface area contributed by atoms with Gasteiger partial charge in [-0.3, -0.25) is 0 Å². The van der Waals surface area contributed by atoms with E-state index >= 15 is 0 Å². The van der Waals surface area contributed by atoms with Crippen LogP contribution in [-0.2, 0) is 0 Å². The molecule has 0 aromatic carbocycles. The number of hydrogen-bond acceptors (Lipinski definition) is 2. The van der Waals surface area contributed by atoms with Crippen molar-refractivity contribution in [3.63, 3.8) is 0 Å². The zero-order valence-corrected chi connectivity index (χ0v) is 29.0. The minimum absolute atomic E-state index is 0.429. The van der Waals surface area contributed by atoms with Crippen LogP contribution in [0.2, 0.25) is 0 Å². The van der Waals surface area contributed by atoms with E-state index < -0.39 is 0 Å². The minimum atomic E-state index is 0.429. The Morgan fingerprint density at radius 2 is 0.700 bits per heavy atom. The second kappa shape index (κ2) is 12.4. The van der Waals surface area contributed by atoms with Gasteiger partial charge >= 0.3 is 264 Å². The Hall–Kier alpha value is 0.379. The van der Waals surface area contributed by atoms with E-state index in [0.717, 1.165) is 36.0 Å². The Balaban J connectivity index is 1.20. The van der Waals surface area contributed by atoms with Gasteiger partial charge in [0, 0.05) is 0 Å². The average molecular weight is 677 g/mol. The summed E-state index contributed by atoms with van der Waals surface area (Å²) in [6.45, 7) is 0. The Morgan fingerprint density at radius 1 is 0.425 bits per heavy atom. The van der Waals surface area contributed by atoms with Crippen molar-refractivity contribution < 1.29 is 0 Å². The van der Waals surface area contributed by atoms with Crippen LogP contribution in [0.5, 0.6) is 0 Å². The van der Waals surface area contributed by atoms with Crippen molar-refractivity contribution in [3.05, 3.63) is 0 Å². The van der Waals surface area contributed by atoms with Crippen LogP contribution in [0.4, 0.5) is 0 Å². The van der Waals surface area contributed by atoms with Crippen molar-refractivity contribution in [1.29, 1.82) is 0 Å². The first kappa shape index (κ1) is 29.1. The van der Waals surface area contributed by atoms with Crippen LogP contribution >= 0.6 is 0 Å². The Labute approximate surface area is 262 Å². The molecule has 0 spiro atoms. The maximum atomic E-state index is 3.95. The number of rotatable bonds is 8. The molecule has 8 rings (SSSR count). The third-order valence-corrected chi connectivity index (χ3v) is 16.0. The zero-order valence-electron chi connectivity index (χ0n) is 25.6. The number of nitrogens with zero attached hydrogens (tertiary/aromatic N) is 2. The number of hydrogen-bond donors (Lipinski definition) is 0. The molecule has 8 saturated carbocycles. The van der Waals surface area contributed by atoms with Crippen molar-refractivity contribution in [1.82, 2.24) is 9.80 Å². The molecule has 0 saturated heterocycles. The molecule has 4 heteroatoms. The fourth-order valence-corrected chi connectivity index (χ4v) is 14.3. The Bertz CT molecular complexity index is 786. The molecule has 0 atom stereocenters. The molecule has 224 valence electrons. The van der Waals surface area contributed by atoms with E-state index in [1.165, 1.54) is 167 Å². The monoisotopic (exact) mass is 678 g/mol. The van der Waals surface area contributed by atoms with Gasteiger partial charge in [-0.15, -0.1) is 0 Å². The third-order valence-electron chi connectivity index (χ3n) is 13.3. The van der Waals surface area contributed by atoms with Crippen LogP contribution in [0, 0.1) is 22.7 Å². The van der Waals surface area contributed by atoms with E-state index in [1.54, 1.807) is 9.08 Å². The molecule has 0 heterocycles. The predicted molar refractivity (Wildman–Crippen MR) is 172 cm³/mol. The summed E-state index contributed by atoms with van der Waals surface area (Å²) in [4.78, 5) is 6.25. The molecule has 2 nitrogen and oxygen atoms in total. The Morgan fingerprint density at radius 3 is 0.975 bits per heavy atom. The SMILES string of the molecule is [Se]=C(N(C1CCCCC1)C1CCCCC1)C12CC3CC(C1)CC(C(=[Se])N(C1CCCCC1)C1CCCCC1)(C3)C2. The van der Waals surface area contributed by atoms with Crippen LogP contribution in [-0.4, -0.2) is 74.2 Å². The zero-order chi connectivity index (χ0) is 27.2. The first-order valence-corrected chi connectivity index (χ1v) is 19.9.